The third kappa shape index (κ3) is 3.61. The summed E-state index contributed by atoms with van der Waals surface area (Å²) >= 11 is 0. The van der Waals surface area contributed by atoms with Gasteiger partial charge in [-0.05, 0) is 38.5 Å². The van der Waals surface area contributed by atoms with Crippen molar-refractivity contribution in [2.75, 3.05) is 13.1 Å². The number of nitrogens with zero attached hydrogens (tertiary/aromatic N) is 2. The highest BCUT2D eigenvalue weighted by Crippen LogP contribution is 2.22. The van der Waals surface area contributed by atoms with Crippen LogP contribution in [0.4, 0.5) is 5.69 Å². The summed E-state index contributed by atoms with van der Waals surface area (Å²) in [5.74, 6) is 0.0326. The highest BCUT2D eigenvalue weighted by atomic mass is 16.2. The van der Waals surface area contributed by atoms with E-state index in [0.29, 0.717) is 18.7 Å². The number of benzene rings is 2. The quantitative estimate of drug-likeness (QED) is 0.756. The van der Waals surface area contributed by atoms with Crippen molar-refractivity contribution in [3.05, 3.63) is 65.7 Å². The fourth-order valence-electron chi connectivity index (χ4n) is 2.36. The van der Waals surface area contributed by atoms with Gasteiger partial charge in [0.15, 0.2) is 0 Å². The van der Waals surface area contributed by atoms with Crippen molar-refractivity contribution in [2.45, 2.75) is 20.8 Å². The molecule has 0 saturated heterocycles. The molecule has 0 aliphatic rings. The van der Waals surface area contributed by atoms with Crippen LogP contribution in [0, 0.1) is 0 Å². The van der Waals surface area contributed by atoms with E-state index in [-0.39, 0.29) is 5.91 Å². The molecule has 0 radical (unpaired) electrons. The van der Waals surface area contributed by atoms with Gasteiger partial charge < -0.3 is 4.90 Å². The molecule has 0 bridgehead atoms. The van der Waals surface area contributed by atoms with Crippen LogP contribution in [-0.4, -0.2) is 29.6 Å². The van der Waals surface area contributed by atoms with Crippen LogP contribution in [0.2, 0.25) is 0 Å². The Morgan fingerprint density at radius 1 is 0.955 bits per heavy atom. The number of carbonyl (C=O) groups is 1. The third-order valence-corrected chi connectivity index (χ3v) is 3.66. The third-order valence-electron chi connectivity index (χ3n) is 3.66. The SMILES string of the molecule is CCN(CC)C(=O)c1ccccc1N=C(C)c1ccccc1. The van der Waals surface area contributed by atoms with Crippen LogP contribution in [0.5, 0.6) is 0 Å². The molecule has 2 rings (SSSR count). The second-order valence-electron chi connectivity index (χ2n) is 5.06. The molecule has 0 spiro atoms. The van der Waals surface area contributed by atoms with E-state index in [2.05, 4.69) is 4.99 Å². The second-order valence-corrected chi connectivity index (χ2v) is 5.06. The molecule has 3 heteroatoms. The Balaban J connectivity index is 2.39. The number of carbonyl (C=O) groups excluding carboxylic acids is 1. The van der Waals surface area contributed by atoms with Gasteiger partial charge in [0, 0.05) is 18.8 Å². The van der Waals surface area contributed by atoms with Crippen LogP contribution in [-0.2, 0) is 0 Å². The number of hydrogen-bond acceptors (Lipinski definition) is 2. The zero-order valence-corrected chi connectivity index (χ0v) is 13.4. The normalized spacial score (nSPS) is 11.3. The minimum atomic E-state index is 0.0326. The first-order valence-corrected chi connectivity index (χ1v) is 7.66. The fraction of sp³-hybridized carbons (Fsp3) is 0.263. The minimum absolute atomic E-state index is 0.0326. The van der Waals surface area contributed by atoms with Crippen molar-refractivity contribution in [3.8, 4) is 0 Å². The predicted molar refractivity (Wildman–Crippen MR) is 92.0 cm³/mol. The maximum absolute atomic E-state index is 12.6. The molecule has 114 valence electrons. The van der Waals surface area contributed by atoms with Crippen LogP contribution in [0.1, 0.15) is 36.7 Å². The second kappa shape index (κ2) is 7.55. The Bertz CT molecular complexity index is 658. The molecule has 0 N–H and O–H groups in total. The van der Waals surface area contributed by atoms with Gasteiger partial charge in [-0.1, -0.05) is 42.5 Å². The highest BCUT2D eigenvalue weighted by molar-refractivity contribution is 6.04. The summed E-state index contributed by atoms with van der Waals surface area (Å²) in [5.41, 5.74) is 3.34. The average Bonchev–Trinajstić information content (AvgIpc) is 2.57. The van der Waals surface area contributed by atoms with Crippen molar-refractivity contribution in [1.29, 1.82) is 0 Å². The molecular formula is C19H22N2O. The van der Waals surface area contributed by atoms with Crippen LogP contribution in [0.15, 0.2) is 59.6 Å². The van der Waals surface area contributed by atoms with Crippen molar-refractivity contribution < 1.29 is 4.79 Å². The van der Waals surface area contributed by atoms with Crippen molar-refractivity contribution in [2.24, 2.45) is 4.99 Å². The van der Waals surface area contributed by atoms with E-state index in [1.54, 1.807) is 0 Å². The Kier molecular flexibility index (Phi) is 5.48. The number of para-hydroxylation sites is 1. The summed E-state index contributed by atoms with van der Waals surface area (Å²) in [6.07, 6.45) is 0. The summed E-state index contributed by atoms with van der Waals surface area (Å²) < 4.78 is 0. The van der Waals surface area contributed by atoms with Crippen molar-refractivity contribution >= 4 is 17.3 Å². The van der Waals surface area contributed by atoms with E-state index in [1.807, 2.05) is 80.3 Å². The lowest BCUT2D eigenvalue weighted by Crippen LogP contribution is -2.30. The number of amides is 1. The molecular weight excluding hydrogens is 272 g/mol. The molecule has 1 amide bonds. The predicted octanol–water partition coefficient (Wildman–Crippen LogP) is 4.31. The molecule has 0 saturated carbocycles. The van der Waals surface area contributed by atoms with E-state index in [4.69, 9.17) is 0 Å². The van der Waals surface area contributed by atoms with Gasteiger partial charge in [-0.25, -0.2) is 0 Å². The van der Waals surface area contributed by atoms with Crippen molar-refractivity contribution in [3.63, 3.8) is 0 Å². The largest absolute Gasteiger partial charge is 0.339 e. The van der Waals surface area contributed by atoms with E-state index in [0.717, 1.165) is 17.0 Å². The average molecular weight is 294 g/mol. The molecule has 22 heavy (non-hydrogen) atoms. The van der Waals surface area contributed by atoms with Gasteiger partial charge >= 0.3 is 0 Å². The van der Waals surface area contributed by atoms with Gasteiger partial charge in [-0.2, -0.15) is 0 Å². The molecule has 0 atom stereocenters. The van der Waals surface area contributed by atoms with Crippen molar-refractivity contribution in [1.82, 2.24) is 4.90 Å². The van der Waals surface area contributed by atoms with Crippen LogP contribution in [0.25, 0.3) is 0 Å². The first-order valence-electron chi connectivity index (χ1n) is 7.66. The van der Waals surface area contributed by atoms with Gasteiger partial charge in [0.2, 0.25) is 0 Å². The lowest BCUT2D eigenvalue weighted by molar-refractivity contribution is 0.0774. The molecule has 0 aliphatic carbocycles. The maximum atomic E-state index is 12.6. The summed E-state index contributed by atoms with van der Waals surface area (Å²) in [6.45, 7) is 7.34. The number of rotatable bonds is 5. The van der Waals surface area contributed by atoms with Crippen LogP contribution in [0.3, 0.4) is 0 Å². The molecule has 0 aromatic heterocycles. The van der Waals surface area contributed by atoms with Crippen LogP contribution < -0.4 is 0 Å². The van der Waals surface area contributed by atoms with Gasteiger partial charge in [0.1, 0.15) is 0 Å². The van der Waals surface area contributed by atoms with Gasteiger partial charge in [0.05, 0.1) is 11.3 Å². The molecule has 0 aliphatic heterocycles. The fourth-order valence-corrected chi connectivity index (χ4v) is 2.36. The smallest absolute Gasteiger partial charge is 0.256 e. The zero-order chi connectivity index (χ0) is 15.9. The Hall–Kier alpha value is -2.42. The summed E-state index contributed by atoms with van der Waals surface area (Å²) in [7, 11) is 0. The van der Waals surface area contributed by atoms with Gasteiger partial charge in [0.25, 0.3) is 5.91 Å². The topological polar surface area (TPSA) is 32.7 Å². The summed E-state index contributed by atoms with van der Waals surface area (Å²) in [6, 6.07) is 17.5. The molecule has 0 unspecified atom stereocenters. The molecule has 0 fully saturated rings. The lowest BCUT2D eigenvalue weighted by Gasteiger charge is -2.19. The molecule has 2 aromatic rings. The molecule has 0 heterocycles. The first-order chi connectivity index (χ1) is 10.7. The van der Waals surface area contributed by atoms with E-state index < -0.39 is 0 Å². The number of hydrogen-bond donors (Lipinski definition) is 0. The Labute approximate surface area is 132 Å². The Morgan fingerprint density at radius 2 is 1.55 bits per heavy atom. The minimum Gasteiger partial charge on any atom is -0.339 e. The monoisotopic (exact) mass is 294 g/mol. The summed E-state index contributed by atoms with van der Waals surface area (Å²) in [4.78, 5) is 19.1. The lowest BCUT2D eigenvalue weighted by atomic mass is 10.1. The highest BCUT2D eigenvalue weighted by Gasteiger charge is 2.15. The summed E-state index contributed by atoms with van der Waals surface area (Å²) in [5, 5.41) is 0. The maximum Gasteiger partial charge on any atom is 0.256 e. The van der Waals surface area contributed by atoms with Crippen LogP contribution >= 0.6 is 0 Å². The molecule has 3 nitrogen and oxygen atoms in total. The Morgan fingerprint density at radius 3 is 2.18 bits per heavy atom. The van der Waals surface area contributed by atoms with Gasteiger partial charge in [-0.3, -0.25) is 9.79 Å². The zero-order valence-electron chi connectivity index (χ0n) is 13.4. The van der Waals surface area contributed by atoms with Gasteiger partial charge in [-0.15, -0.1) is 0 Å². The first kappa shape index (κ1) is 16.0. The standard InChI is InChI=1S/C19H22N2O/c1-4-21(5-2)19(22)17-13-9-10-14-18(17)20-15(3)16-11-7-6-8-12-16/h6-14H,4-5H2,1-3H3. The van der Waals surface area contributed by atoms with E-state index in [9.17, 15) is 4.79 Å². The van der Waals surface area contributed by atoms with E-state index in [1.165, 1.54) is 0 Å². The van der Waals surface area contributed by atoms with E-state index >= 15 is 0 Å². The molecule has 2 aromatic carbocycles. The number of aliphatic imine (C=N–C) groups is 1.